The molecule has 1 aromatic carbocycles. The van der Waals surface area contributed by atoms with Gasteiger partial charge in [-0.2, -0.15) is 18.4 Å². The second kappa shape index (κ2) is 4.72. The average molecular weight is 296 g/mol. The summed E-state index contributed by atoms with van der Waals surface area (Å²) in [6.07, 6.45) is -2.27. The summed E-state index contributed by atoms with van der Waals surface area (Å²) in [6, 6.07) is 5.27. The van der Waals surface area contributed by atoms with Gasteiger partial charge in [-0.05, 0) is 43.4 Å². The van der Waals surface area contributed by atoms with Crippen LogP contribution in [0.4, 0.5) is 13.2 Å². The molecule has 3 rings (SSSR count). The summed E-state index contributed by atoms with van der Waals surface area (Å²) < 4.78 is 39.8. The van der Waals surface area contributed by atoms with Gasteiger partial charge in [0.2, 0.25) is 0 Å². The molecule has 112 valence electrons. The zero-order valence-electron chi connectivity index (χ0n) is 11.2. The number of nitrogens with zero attached hydrogens (tertiary/aromatic N) is 1. The van der Waals surface area contributed by atoms with Gasteiger partial charge in [0.1, 0.15) is 0 Å². The zero-order valence-corrected chi connectivity index (χ0v) is 11.2. The van der Waals surface area contributed by atoms with Crippen LogP contribution in [0, 0.1) is 11.3 Å². The van der Waals surface area contributed by atoms with Crippen molar-refractivity contribution in [3.8, 4) is 6.07 Å². The Morgan fingerprint density at radius 2 is 1.86 bits per heavy atom. The summed E-state index contributed by atoms with van der Waals surface area (Å²) in [5.74, 6) is 0. The summed E-state index contributed by atoms with van der Waals surface area (Å²) in [5.41, 5.74) is -2.53. The van der Waals surface area contributed by atoms with Crippen LogP contribution in [0.2, 0.25) is 0 Å². The van der Waals surface area contributed by atoms with Crippen molar-refractivity contribution < 1.29 is 18.3 Å². The van der Waals surface area contributed by atoms with Crippen molar-refractivity contribution in [2.24, 2.45) is 0 Å². The number of aliphatic hydroxyl groups is 1. The molecular weight excluding hydrogens is 281 g/mol. The van der Waals surface area contributed by atoms with Gasteiger partial charge in [-0.25, -0.2) is 0 Å². The first-order valence-corrected chi connectivity index (χ1v) is 6.92. The van der Waals surface area contributed by atoms with Gasteiger partial charge in [-0.1, -0.05) is 6.07 Å². The van der Waals surface area contributed by atoms with Crippen molar-refractivity contribution in [1.29, 1.82) is 5.26 Å². The maximum absolute atomic E-state index is 13.3. The second-order valence-electron chi connectivity index (χ2n) is 5.95. The average Bonchev–Trinajstić information content (AvgIpc) is 2.77. The summed E-state index contributed by atoms with van der Waals surface area (Å²) in [6.45, 7) is 0. The molecule has 0 saturated carbocycles. The van der Waals surface area contributed by atoms with E-state index in [2.05, 4.69) is 5.32 Å². The molecule has 2 aliphatic rings. The van der Waals surface area contributed by atoms with Crippen molar-refractivity contribution in [3.05, 3.63) is 34.9 Å². The van der Waals surface area contributed by atoms with E-state index >= 15 is 0 Å². The fraction of sp³-hybridized carbons (Fsp3) is 0.533. The third-order valence-corrected chi connectivity index (χ3v) is 4.46. The fourth-order valence-corrected chi connectivity index (χ4v) is 3.60. The van der Waals surface area contributed by atoms with Gasteiger partial charge in [0, 0.05) is 12.1 Å². The number of hydrogen-bond donors (Lipinski definition) is 2. The molecular formula is C15H15F3N2O. The largest absolute Gasteiger partial charge is 0.416 e. The van der Waals surface area contributed by atoms with E-state index in [4.69, 9.17) is 5.26 Å². The van der Waals surface area contributed by atoms with Gasteiger partial charge >= 0.3 is 6.18 Å². The van der Waals surface area contributed by atoms with E-state index in [1.54, 1.807) is 6.07 Å². The Bertz CT molecular complexity index is 594. The lowest BCUT2D eigenvalue weighted by Crippen LogP contribution is -2.47. The Morgan fingerprint density at radius 3 is 2.38 bits per heavy atom. The molecule has 2 heterocycles. The van der Waals surface area contributed by atoms with Crippen LogP contribution in [0.5, 0.6) is 0 Å². The van der Waals surface area contributed by atoms with E-state index < -0.39 is 17.3 Å². The Balaban J connectivity index is 2.07. The monoisotopic (exact) mass is 296 g/mol. The van der Waals surface area contributed by atoms with E-state index in [1.165, 1.54) is 12.1 Å². The number of nitriles is 1. The van der Waals surface area contributed by atoms with Crippen LogP contribution in [0.15, 0.2) is 18.2 Å². The molecule has 6 heteroatoms. The lowest BCUT2D eigenvalue weighted by molar-refractivity contribution is -0.141. The Kier molecular flexibility index (Phi) is 3.23. The smallest absolute Gasteiger partial charge is 0.385 e. The molecule has 2 fully saturated rings. The molecule has 0 aromatic heterocycles. The Morgan fingerprint density at radius 1 is 1.24 bits per heavy atom. The van der Waals surface area contributed by atoms with Crippen LogP contribution in [0.3, 0.4) is 0 Å². The quantitative estimate of drug-likeness (QED) is 0.837. The van der Waals surface area contributed by atoms with Crippen LogP contribution < -0.4 is 5.32 Å². The molecule has 2 saturated heterocycles. The van der Waals surface area contributed by atoms with Crippen molar-refractivity contribution in [2.75, 3.05) is 0 Å². The molecule has 2 N–H and O–H groups in total. The van der Waals surface area contributed by atoms with E-state index in [0.717, 1.165) is 18.9 Å². The number of rotatable bonds is 1. The predicted octanol–water partition coefficient (Wildman–Crippen LogP) is 2.68. The Hall–Kier alpha value is -1.58. The van der Waals surface area contributed by atoms with E-state index in [9.17, 15) is 18.3 Å². The van der Waals surface area contributed by atoms with Crippen LogP contribution in [-0.4, -0.2) is 17.2 Å². The predicted molar refractivity (Wildman–Crippen MR) is 69.2 cm³/mol. The van der Waals surface area contributed by atoms with Crippen molar-refractivity contribution >= 4 is 0 Å². The highest BCUT2D eigenvalue weighted by atomic mass is 19.4. The fourth-order valence-electron chi connectivity index (χ4n) is 3.60. The lowest BCUT2D eigenvalue weighted by Gasteiger charge is -2.38. The van der Waals surface area contributed by atoms with Crippen LogP contribution in [-0.2, 0) is 11.8 Å². The molecule has 1 aromatic rings. The molecule has 0 aliphatic carbocycles. The van der Waals surface area contributed by atoms with Crippen molar-refractivity contribution in [3.63, 3.8) is 0 Å². The number of hydrogen-bond acceptors (Lipinski definition) is 3. The summed E-state index contributed by atoms with van der Waals surface area (Å²) >= 11 is 0. The van der Waals surface area contributed by atoms with E-state index in [-0.39, 0.29) is 36.1 Å². The van der Waals surface area contributed by atoms with E-state index in [1.807, 2.05) is 0 Å². The van der Waals surface area contributed by atoms with Crippen LogP contribution in [0.25, 0.3) is 0 Å². The SMILES string of the molecule is N#Cc1ccc(C2(O)CC3CCC(C2)N3)c(C(F)(F)F)c1. The number of nitrogens with one attached hydrogen (secondary N) is 1. The molecule has 0 radical (unpaired) electrons. The number of alkyl halides is 3. The molecule has 0 amide bonds. The maximum atomic E-state index is 13.3. The first kappa shape index (κ1) is 14.4. The topological polar surface area (TPSA) is 56.0 Å². The van der Waals surface area contributed by atoms with Crippen molar-refractivity contribution in [2.45, 2.75) is 49.5 Å². The summed E-state index contributed by atoms with van der Waals surface area (Å²) in [5, 5.41) is 22.9. The number of halogens is 3. The minimum absolute atomic E-state index is 0.0495. The summed E-state index contributed by atoms with van der Waals surface area (Å²) in [7, 11) is 0. The maximum Gasteiger partial charge on any atom is 0.416 e. The first-order valence-electron chi connectivity index (χ1n) is 6.92. The molecule has 2 atom stereocenters. The van der Waals surface area contributed by atoms with Gasteiger partial charge in [0.25, 0.3) is 0 Å². The molecule has 2 bridgehead atoms. The highest BCUT2D eigenvalue weighted by Crippen LogP contribution is 2.45. The van der Waals surface area contributed by atoms with Gasteiger partial charge in [-0.15, -0.1) is 0 Å². The second-order valence-corrected chi connectivity index (χ2v) is 5.95. The first-order chi connectivity index (χ1) is 9.82. The third-order valence-electron chi connectivity index (χ3n) is 4.46. The van der Waals surface area contributed by atoms with Crippen LogP contribution in [0.1, 0.15) is 42.4 Å². The van der Waals surface area contributed by atoms with Gasteiger partial charge in [0.15, 0.2) is 0 Å². The van der Waals surface area contributed by atoms with Crippen molar-refractivity contribution in [1.82, 2.24) is 5.32 Å². The highest BCUT2D eigenvalue weighted by molar-refractivity contribution is 5.43. The number of benzene rings is 1. The zero-order chi connectivity index (χ0) is 15.3. The molecule has 2 unspecified atom stereocenters. The van der Waals surface area contributed by atoms with Gasteiger partial charge in [0.05, 0.1) is 22.8 Å². The highest BCUT2D eigenvalue weighted by Gasteiger charge is 2.47. The van der Waals surface area contributed by atoms with Gasteiger partial charge in [-0.3, -0.25) is 0 Å². The Labute approximate surface area is 120 Å². The summed E-state index contributed by atoms with van der Waals surface area (Å²) in [4.78, 5) is 0. The molecule has 21 heavy (non-hydrogen) atoms. The number of piperidine rings is 1. The normalized spacial score (nSPS) is 32.0. The van der Waals surface area contributed by atoms with E-state index in [0.29, 0.717) is 0 Å². The molecule has 2 aliphatic heterocycles. The number of fused-ring (bicyclic) bond motifs is 2. The van der Waals surface area contributed by atoms with Gasteiger partial charge < -0.3 is 10.4 Å². The lowest BCUT2D eigenvalue weighted by atomic mass is 9.79. The molecule has 0 spiro atoms. The minimum atomic E-state index is -4.58. The molecule has 3 nitrogen and oxygen atoms in total. The standard InChI is InChI=1S/C15H15F3N2O/c16-15(17,18)13-5-9(8-19)1-4-12(13)14(21)6-10-2-3-11(7-14)20-10/h1,4-5,10-11,20-21H,2-3,6-7H2. The van der Waals surface area contributed by atoms with Crippen LogP contribution >= 0.6 is 0 Å². The minimum Gasteiger partial charge on any atom is -0.385 e. The third kappa shape index (κ3) is 2.52.